The van der Waals surface area contributed by atoms with Gasteiger partial charge in [0.2, 0.25) is 0 Å². The van der Waals surface area contributed by atoms with E-state index in [0.29, 0.717) is 22.9 Å². The molecule has 1 atom stereocenters. The summed E-state index contributed by atoms with van der Waals surface area (Å²) in [6, 6.07) is 8.72. The summed E-state index contributed by atoms with van der Waals surface area (Å²) in [4.78, 5) is 8.77. The van der Waals surface area contributed by atoms with Crippen molar-refractivity contribution >= 4 is 16.9 Å². The first-order chi connectivity index (χ1) is 11.5. The molecule has 0 unspecified atom stereocenters. The number of rotatable bonds is 4. The highest BCUT2D eigenvalue weighted by molar-refractivity contribution is 8.16. The third-order valence-corrected chi connectivity index (χ3v) is 4.54. The lowest BCUT2D eigenvalue weighted by molar-refractivity contribution is 0.408. The van der Waals surface area contributed by atoms with E-state index in [4.69, 9.17) is 10.5 Å². The molecule has 24 heavy (non-hydrogen) atoms. The summed E-state index contributed by atoms with van der Waals surface area (Å²) in [6.45, 7) is 1.85. The Labute approximate surface area is 144 Å². The number of aromatic nitrogens is 1. The molecule has 0 saturated heterocycles. The maximum Gasteiger partial charge on any atom is 0.159 e. The monoisotopic (exact) mass is 343 g/mol. The van der Waals surface area contributed by atoms with Gasteiger partial charge in [0, 0.05) is 18.2 Å². The molecule has 1 aromatic heterocycles. The second-order valence-corrected chi connectivity index (χ2v) is 6.59. The molecule has 124 valence electrons. The van der Waals surface area contributed by atoms with Crippen LogP contribution in [0.15, 0.2) is 53.0 Å². The molecule has 1 aliphatic heterocycles. The molecular formula is C18H18FN3OS. The second kappa shape index (κ2) is 6.65. The van der Waals surface area contributed by atoms with Crippen LogP contribution in [0.5, 0.6) is 5.75 Å². The molecule has 0 spiro atoms. The quantitative estimate of drug-likeness (QED) is 0.921. The zero-order valence-corrected chi connectivity index (χ0v) is 14.3. The Morgan fingerprint density at radius 3 is 2.92 bits per heavy atom. The summed E-state index contributed by atoms with van der Waals surface area (Å²) in [6.07, 6.45) is 4.12. The fourth-order valence-corrected chi connectivity index (χ4v) is 3.40. The van der Waals surface area contributed by atoms with Crippen molar-refractivity contribution in [2.75, 3.05) is 7.11 Å². The van der Waals surface area contributed by atoms with Crippen molar-refractivity contribution in [1.82, 2.24) is 4.98 Å². The minimum atomic E-state index is -0.802. The number of pyridine rings is 1. The van der Waals surface area contributed by atoms with Gasteiger partial charge >= 0.3 is 0 Å². The molecule has 2 aromatic rings. The Morgan fingerprint density at radius 1 is 1.33 bits per heavy atom. The normalized spacial score (nSPS) is 19.9. The lowest BCUT2D eigenvalue weighted by Crippen LogP contribution is -2.24. The van der Waals surface area contributed by atoms with Crippen molar-refractivity contribution in [3.63, 3.8) is 0 Å². The molecule has 0 radical (unpaired) electrons. The van der Waals surface area contributed by atoms with Crippen LogP contribution in [-0.4, -0.2) is 17.3 Å². The van der Waals surface area contributed by atoms with Crippen molar-refractivity contribution in [3.8, 4) is 5.75 Å². The molecule has 1 aromatic carbocycles. The molecule has 0 bridgehead atoms. The van der Waals surface area contributed by atoms with Crippen LogP contribution in [0.4, 0.5) is 4.39 Å². The minimum absolute atomic E-state index is 0.303. The van der Waals surface area contributed by atoms with E-state index in [2.05, 4.69) is 9.98 Å². The number of nitrogens with zero attached hydrogens (tertiary/aromatic N) is 2. The number of thioether (sulfide) groups is 1. The number of halogens is 1. The van der Waals surface area contributed by atoms with Crippen molar-refractivity contribution in [1.29, 1.82) is 0 Å². The second-order valence-electron chi connectivity index (χ2n) is 5.66. The molecule has 6 heteroatoms. The Hall–Kier alpha value is -2.34. The summed E-state index contributed by atoms with van der Waals surface area (Å²) in [7, 11) is 1.61. The summed E-state index contributed by atoms with van der Waals surface area (Å²) >= 11 is 1.33. The smallest absolute Gasteiger partial charge is 0.159 e. The molecular weight excluding hydrogens is 325 g/mol. The largest absolute Gasteiger partial charge is 0.495 e. The molecule has 1 aliphatic rings. The molecule has 0 fully saturated rings. The zero-order valence-electron chi connectivity index (χ0n) is 13.5. The van der Waals surface area contributed by atoms with Gasteiger partial charge in [-0.2, -0.15) is 0 Å². The molecule has 3 rings (SSSR count). The van der Waals surface area contributed by atoms with Crippen LogP contribution in [0.1, 0.15) is 23.7 Å². The van der Waals surface area contributed by atoms with Gasteiger partial charge in [-0.05, 0) is 48.2 Å². The number of ether oxygens (including phenoxy) is 1. The van der Waals surface area contributed by atoms with E-state index in [9.17, 15) is 4.39 Å². The van der Waals surface area contributed by atoms with Gasteiger partial charge in [0.15, 0.2) is 5.17 Å². The van der Waals surface area contributed by atoms with Gasteiger partial charge in [-0.15, -0.1) is 0 Å². The van der Waals surface area contributed by atoms with Gasteiger partial charge in [0.25, 0.3) is 0 Å². The van der Waals surface area contributed by atoms with E-state index in [-0.39, 0.29) is 5.82 Å². The van der Waals surface area contributed by atoms with E-state index >= 15 is 0 Å². The molecule has 0 aliphatic carbocycles. The molecule has 4 nitrogen and oxygen atoms in total. The Morgan fingerprint density at radius 2 is 2.17 bits per heavy atom. The SMILES string of the molecule is COc1cccnc1Cc1ccc(F)c([C@]2(C)C=CSC(N)=N2)c1. The van der Waals surface area contributed by atoms with Gasteiger partial charge in [0.1, 0.15) is 17.1 Å². The van der Waals surface area contributed by atoms with Crippen LogP contribution in [-0.2, 0) is 12.0 Å². The lowest BCUT2D eigenvalue weighted by Gasteiger charge is -2.26. The standard InChI is InChI=1S/C18H18FN3OS/c1-18(7-9-24-17(20)22-18)13-10-12(5-6-14(13)19)11-15-16(23-2)4-3-8-21-15/h3-10H,11H2,1-2H3,(H2,20,22)/t18-/m0/s1. The van der Waals surface area contributed by atoms with Crippen LogP contribution in [0, 0.1) is 5.82 Å². The van der Waals surface area contributed by atoms with Crippen LogP contribution < -0.4 is 10.5 Å². The number of aliphatic imine (C=N–C) groups is 1. The lowest BCUT2D eigenvalue weighted by atomic mass is 9.90. The van der Waals surface area contributed by atoms with Gasteiger partial charge in [0.05, 0.1) is 12.8 Å². The van der Waals surface area contributed by atoms with Crippen LogP contribution in [0.25, 0.3) is 0 Å². The van der Waals surface area contributed by atoms with Gasteiger partial charge in [-0.1, -0.05) is 17.8 Å². The van der Waals surface area contributed by atoms with Crippen LogP contribution in [0.2, 0.25) is 0 Å². The third kappa shape index (κ3) is 3.28. The van der Waals surface area contributed by atoms with Gasteiger partial charge < -0.3 is 10.5 Å². The summed E-state index contributed by atoms with van der Waals surface area (Å²) in [5.74, 6) is 0.410. The molecule has 2 N–H and O–H groups in total. The maximum absolute atomic E-state index is 14.4. The number of methoxy groups -OCH3 is 1. The first-order valence-corrected chi connectivity index (χ1v) is 8.36. The third-order valence-electron chi connectivity index (χ3n) is 3.94. The first kappa shape index (κ1) is 16.5. The number of nitrogens with two attached hydrogens (primary N) is 1. The zero-order chi connectivity index (χ0) is 17.2. The predicted octanol–water partition coefficient (Wildman–Crippen LogP) is 3.61. The van der Waals surface area contributed by atoms with E-state index in [1.54, 1.807) is 19.4 Å². The fourth-order valence-electron chi connectivity index (χ4n) is 2.68. The molecule has 0 saturated carbocycles. The highest BCUT2D eigenvalue weighted by atomic mass is 32.2. The van der Waals surface area contributed by atoms with Gasteiger partial charge in [-0.3, -0.25) is 4.98 Å². The van der Waals surface area contributed by atoms with Crippen LogP contribution in [0.3, 0.4) is 0 Å². The fraction of sp³-hybridized carbons (Fsp3) is 0.222. The molecule has 2 heterocycles. The number of benzene rings is 1. The Balaban J connectivity index is 1.98. The number of hydrogen-bond donors (Lipinski definition) is 1. The van der Waals surface area contributed by atoms with E-state index in [1.165, 1.54) is 17.8 Å². The summed E-state index contributed by atoms with van der Waals surface area (Å²) in [5, 5.41) is 2.27. The maximum atomic E-state index is 14.4. The average molecular weight is 343 g/mol. The number of amidine groups is 1. The van der Waals surface area contributed by atoms with Crippen LogP contribution >= 0.6 is 11.8 Å². The Kier molecular flexibility index (Phi) is 4.57. The highest BCUT2D eigenvalue weighted by Gasteiger charge is 2.29. The minimum Gasteiger partial charge on any atom is -0.495 e. The van der Waals surface area contributed by atoms with Crippen molar-refractivity contribution in [2.45, 2.75) is 18.9 Å². The van der Waals surface area contributed by atoms with E-state index < -0.39 is 5.54 Å². The topological polar surface area (TPSA) is 60.5 Å². The van der Waals surface area contributed by atoms with E-state index in [1.807, 2.05) is 36.6 Å². The van der Waals surface area contributed by atoms with Crippen molar-refractivity contribution < 1.29 is 9.13 Å². The van der Waals surface area contributed by atoms with Gasteiger partial charge in [-0.25, -0.2) is 9.38 Å². The Bertz CT molecular complexity index is 822. The number of hydrogen-bond acceptors (Lipinski definition) is 5. The predicted molar refractivity (Wildman–Crippen MR) is 95.7 cm³/mol. The van der Waals surface area contributed by atoms with Crippen molar-refractivity contribution in [2.24, 2.45) is 10.7 Å². The summed E-state index contributed by atoms with van der Waals surface area (Å²) in [5.41, 5.74) is 7.24. The first-order valence-electron chi connectivity index (χ1n) is 7.48. The molecule has 0 amide bonds. The highest BCUT2D eigenvalue weighted by Crippen LogP contribution is 2.35. The average Bonchev–Trinajstić information content (AvgIpc) is 2.57. The summed E-state index contributed by atoms with van der Waals surface area (Å²) < 4.78 is 19.8. The van der Waals surface area contributed by atoms with E-state index in [0.717, 1.165) is 11.3 Å². The van der Waals surface area contributed by atoms with Crippen molar-refractivity contribution in [3.05, 3.63) is 70.7 Å².